The van der Waals surface area contributed by atoms with Crippen molar-refractivity contribution in [2.75, 3.05) is 13.1 Å². The Morgan fingerprint density at radius 2 is 1.95 bits per heavy atom. The van der Waals surface area contributed by atoms with E-state index in [4.69, 9.17) is 5.73 Å². The van der Waals surface area contributed by atoms with Gasteiger partial charge in [-0.15, -0.1) is 10.2 Å². The molecule has 1 aromatic heterocycles. The second kappa shape index (κ2) is 5.77. The molecule has 1 aromatic rings. The Labute approximate surface area is 119 Å². The molecule has 2 N–H and O–H groups in total. The van der Waals surface area contributed by atoms with E-state index in [0.29, 0.717) is 24.8 Å². The molecule has 1 saturated carbocycles. The zero-order valence-electron chi connectivity index (χ0n) is 12.1. The molecule has 2 heterocycles. The van der Waals surface area contributed by atoms with Crippen LogP contribution >= 0.6 is 0 Å². The summed E-state index contributed by atoms with van der Waals surface area (Å²) in [7, 11) is 0. The van der Waals surface area contributed by atoms with Gasteiger partial charge < -0.3 is 10.3 Å². The molecule has 112 valence electrons. The first-order valence-corrected chi connectivity index (χ1v) is 7.71. The molecule has 0 amide bonds. The van der Waals surface area contributed by atoms with Crippen LogP contribution in [0, 0.1) is 0 Å². The Morgan fingerprint density at radius 1 is 1.25 bits per heavy atom. The maximum atomic E-state index is 13.2. The van der Waals surface area contributed by atoms with E-state index in [9.17, 15) is 4.39 Å². The number of alkyl halides is 1. The summed E-state index contributed by atoms with van der Waals surface area (Å²) >= 11 is 0. The first-order valence-electron chi connectivity index (χ1n) is 7.71. The number of piperidine rings is 1. The number of nitrogens with zero attached hydrogens (tertiary/aromatic N) is 4. The third kappa shape index (κ3) is 2.72. The average Bonchev–Trinajstić information content (AvgIpc) is 2.80. The first-order chi connectivity index (χ1) is 9.67. The highest BCUT2D eigenvalue weighted by atomic mass is 19.1. The molecule has 0 radical (unpaired) electrons. The molecule has 2 aliphatic rings. The molecule has 3 rings (SSSR count). The fraction of sp³-hybridized carbons (Fsp3) is 0.857. The van der Waals surface area contributed by atoms with Gasteiger partial charge in [0.05, 0.1) is 6.54 Å². The van der Waals surface area contributed by atoms with Crippen molar-refractivity contribution in [2.24, 2.45) is 5.73 Å². The fourth-order valence-corrected chi connectivity index (χ4v) is 3.24. The van der Waals surface area contributed by atoms with Crippen molar-refractivity contribution in [2.45, 2.75) is 63.8 Å². The molecule has 0 bridgehead atoms. The molecule has 6 heteroatoms. The van der Waals surface area contributed by atoms with Crippen LogP contribution in [0.3, 0.4) is 0 Å². The molecule has 1 aliphatic carbocycles. The van der Waals surface area contributed by atoms with Gasteiger partial charge in [0.15, 0.2) is 0 Å². The summed E-state index contributed by atoms with van der Waals surface area (Å²) in [4.78, 5) is 2.28. The highest BCUT2D eigenvalue weighted by Crippen LogP contribution is 2.34. The SMILES string of the molecule is CCn1c(CN2CCC(F)CC2)nnc1C1CC(N)C1. The third-order valence-electron chi connectivity index (χ3n) is 4.59. The summed E-state index contributed by atoms with van der Waals surface area (Å²) in [6.45, 7) is 5.45. The van der Waals surface area contributed by atoms with Crippen LogP contribution in [0.4, 0.5) is 4.39 Å². The minimum atomic E-state index is -0.623. The van der Waals surface area contributed by atoms with E-state index >= 15 is 0 Å². The standard InChI is InChI=1S/C14H24FN5/c1-2-20-13(9-19-5-3-11(15)4-6-19)17-18-14(20)10-7-12(16)8-10/h10-12H,2-9,16H2,1H3. The van der Waals surface area contributed by atoms with Crippen LogP contribution in [0.25, 0.3) is 0 Å². The predicted molar refractivity (Wildman–Crippen MR) is 75.1 cm³/mol. The van der Waals surface area contributed by atoms with Gasteiger partial charge >= 0.3 is 0 Å². The number of aromatic nitrogens is 3. The molecule has 0 unspecified atom stereocenters. The Kier molecular flexibility index (Phi) is 4.03. The van der Waals surface area contributed by atoms with Crippen LogP contribution in [0.1, 0.15) is 50.2 Å². The number of hydrogen-bond acceptors (Lipinski definition) is 4. The lowest BCUT2D eigenvalue weighted by Crippen LogP contribution is -2.36. The highest BCUT2D eigenvalue weighted by Gasteiger charge is 2.32. The minimum absolute atomic E-state index is 0.328. The van der Waals surface area contributed by atoms with Gasteiger partial charge in [-0.25, -0.2) is 4.39 Å². The fourth-order valence-electron chi connectivity index (χ4n) is 3.24. The van der Waals surface area contributed by atoms with Gasteiger partial charge in [-0.05, 0) is 32.6 Å². The molecule has 0 spiro atoms. The molecular formula is C14H24FN5. The van der Waals surface area contributed by atoms with Crippen LogP contribution in [-0.4, -0.2) is 45.0 Å². The number of likely N-dealkylation sites (tertiary alicyclic amines) is 1. The van der Waals surface area contributed by atoms with Crippen molar-refractivity contribution in [3.05, 3.63) is 11.6 Å². The Bertz CT molecular complexity index is 446. The Balaban J connectivity index is 1.67. The Morgan fingerprint density at radius 3 is 2.55 bits per heavy atom. The lowest BCUT2D eigenvalue weighted by atomic mass is 9.80. The zero-order chi connectivity index (χ0) is 14.1. The van der Waals surface area contributed by atoms with E-state index in [1.807, 2.05) is 0 Å². The van der Waals surface area contributed by atoms with Crippen LogP contribution in [-0.2, 0) is 13.1 Å². The normalized spacial score (nSPS) is 28.6. The van der Waals surface area contributed by atoms with E-state index in [2.05, 4.69) is 26.6 Å². The Hall–Kier alpha value is -1.01. The van der Waals surface area contributed by atoms with E-state index in [0.717, 1.165) is 50.7 Å². The van der Waals surface area contributed by atoms with Crippen molar-refractivity contribution in [1.82, 2.24) is 19.7 Å². The van der Waals surface area contributed by atoms with Gasteiger partial charge in [0.1, 0.15) is 17.8 Å². The molecular weight excluding hydrogens is 257 g/mol. The van der Waals surface area contributed by atoms with E-state index in [1.54, 1.807) is 0 Å². The van der Waals surface area contributed by atoms with E-state index < -0.39 is 6.17 Å². The van der Waals surface area contributed by atoms with Crippen molar-refractivity contribution in [1.29, 1.82) is 0 Å². The third-order valence-corrected chi connectivity index (χ3v) is 4.59. The summed E-state index contributed by atoms with van der Waals surface area (Å²) in [5.74, 6) is 2.58. The second-order valence-electron chi connectivity index (χ2n) is 6.10. The summed E-state index contributed by atoms with van der Waals surface area (Å²) in [5, 5.41) is 8.75. The quantitative estimate of drug-likeness (QED) is 0.907. The summed E-state index contributed by atoms with van der Waals surface area (Å²) in [6.07, 6.45) is 2.70. The molecule has 5 nitrogen and oxygen atoms in total. The second-order valence-corrected chi connectivity index (χ2v) is 6.10. The van der Waals surface area contributed by atoms with E-state index in [1.165, 1.54) is 0 Å². The average molecular weight is 281 g/mol. The van der Waals surface area contributed by atoms with Gasteiger partial charge in [-0.2, -0.15) is 0 Å². The summed E-state index contributed by atoms with van der Waals surface area (Å²) in [5.41, 5.74) is 5.87. The summed E-state index contributed by atoms with van der Waals surface area (Å²) < 4.78 is 15.4. The molecule has 1 saturated heterocycles. The lowest BCUT2D eigenvalue weighted by molar-refractivity contribution is 0.141. The number of rotatable bonds is 4. The van der Waals surface area contributed by atoms with Gasteiger partial charge in [-0.1, -0.05) is 0 Å². The van der Waals surface area contributed by atoms with Gasteiger partial charge in [0.2, 0.25) is 0 Å². The molecule has 0 aromatic carbocycles. The van der Waals surface area contributed by atoms with Crippen molar-refractivity contribution >= 4 is 0 Å². The van der Waals surface area contributed by atoms with Crippen LogP contribution in [0.2, 0.25) is 0 Å². The van der Waals surface area contributed by atoms with Crippen molar-refractivity contribution < 1.29 is 4.39 Å². The van der Waals surface area contributed by atoms with Crippen LogP contribution < -0.4 is 5.73 Å². The number of hydrogen-bond donors (Lipinski definition) is 1. The monoisotopic (exact) mass is 281 g/mol. The maximum absolute atomic E-state index is 13.2. The van der Waals surface area contributed by atoms with Crippen molar-refractivity contribution in [3.8, 4) is 0 Å². The molecule has 0 atom stereocenters. The molecule has 2 fully saturated rings. The number of nitrogens with two attached hydrogens (primary N) is 1. The van der Waals surface area contributed by atoms with E-state index in [-0.39, 0.29) is 0 Å². The number of halogens is 1. The highest BCUT2D eigenvalue weighted by molar-refractivity contribution is 5.08. The zero-order valence-corrected chi connectivity index (χ0v) is 12.1. The largest absolute Gasteiger partial charge is 0.328 e. The molecule has 20 heavy (non-hydrogen) atoms. The summed E-state index contributed by atoms with van der Waals surface area (Å²) in [6, 6.07) is 0.328. The molecule has 1 aliphatic heterocycles. The van der Waals surface area contributed by atoms with Crippen molar-refractivity contribution in [3.63, 3.8) is 0 Å². The van der Waals surface area contributed by atoms with Crippen LogP contribution in [0.5, 0.6) is 0 Å². The first kappa shape index (κ1) is 13.9. The van der Waals surface area contributed by atoms with Crippen LogP contribution in [0.15, 0.2) is 0 Å². The van der Waals surface area contributed by atoms with Gasteiger partial charge in [0, 0.05) is 31.6 Å². The smallest absolute Gasteiger partial charge is 0.147 e. The predicted octanol–water partition coefficient (Wildman–Crippen LogP) is 1.44. The lowest BCUT2D eigenvalue weighted by Gasteiger charge is -2.32. The minimum Gasteiger partial charge on any atom is -0.328 e. The topological polar surface area (TPSA) is 60.0 Å². The van der Waals surface area contributed by atoms with Gasteiger partial charge in [-0.3, -0.25) is 4.90 Å². The van der Waals surface area contributed by atoms with Gasteiger partial charge in [0.25, 0.3) is 0 Å². The maximum Gasteiger partial charge on any atom is 0.147 e.